The van der Waals surface area contributed by atoms with Crippen molar-refractivity contribution in [2.75, 3.05) is 9.80 Å². The van der Waals surface area contributed by atoms with Crippen LogP contribution >= 0.6 is 11.8 Å². The monoisotopic (exact) mass is 758 g/mol. The summed E-state index contributed by atoms with van der Waals surface area (Å²) in [7, 11) is 0. The number of hydrogen-bond donors (Lipinski definition) is 0. The fourth-order valence-corrected chi connectivity index (χ4v) is 9.83. The van der Waals surface area contributed by atoms with Crippen molar-refractivity contribution in [3.8, 4) is 33.8 Å². The Balaban J connectivity index is 0.970. The van der Waals surface area contributed by atoms with Gasteiger partial charge in [-0.15, -0.1) is 0 Å². The molecule has 3 nitrogen and oxygen atoms in total. The number of hydrogen-bond acceptors (Lipinski definition) is 4. The van der Waals surface area contributed by atoms with Crippen molar-refractivity contribution in [1.82, 2.24) is 0 Å². The van der Waals surface area contributed by atoms with Gasteiger partial charge in [0.25, 0.3) is 0 Å². The van der Waals surface area contributed by atoms with Crippen LogP contribution in [0.4, 0.5) is 34.1 Å². The van der Waals surface area contributed by atoms with E-state index < -0.39 is 0 Å². The van der Waals surface area contributed by atoms with E-state index in [9.17, 15) is 0 Å². The molecule has 0 saturated heterocycles. The molecule has 12 rings (SSSR count). The molecule has 0 saturated carbocycles. The number of rotatable bonds is 4. The van der Waals surface area contributed by atoms with Crippen molar-refractivity contribution in [2.24, 2.45) is 0 Å². The van der Waals surface area contributed by atoms with E-state index in [-0.39, 0.29) is 0 Å². The predicted molar refractivity (Wildman–Crippen MR) is 243 cm³/mol. The van der Waals surface area contributed by atoms with Crippen LogP contribution in [0.25, 0.3) is 54.6 Å². The molecule has 0 unspecified atom stereocenters. The lowest BCUT2D eigenvalue weighted by atomic mass is 9.98. The Morgan fingerprint density at radius 3 is 1.83 bits per heavy atom. The number of ether oxygens (including phenoxy) is 1. The van der Waals surface area contributed by atoms with E-state index >= 15 is 0 Å². The van der Waals surface area contributed by atoms with Crippen molar-refractivity contribution >= 4 is 78.2 Å². The minimum atomic E-state index is 0.827. The summed E-state index contributed by atoms with van der Waals surface area (Å²) in [5, 5.41) is 7.17. The van der Waals surface area contributed by atoms with Crippen molar-refractivity contribution in [1.29, 1.82) is 0 Å². The summed E-state index contributed by atoms with van der Waals surface area (Å²) in [6, 6.07) is 74.5. The smallest absolute Gasteiger partial charge is 0.159 e. The Morgan fingerprint density at radius 2 is 0.948 bits per heavy atom. The van der Waals surface area contributed by atoms with Gasteiger partial charge in [0.2, 0.25) is 0 Å². The fourth-order valence-electron chi connectivity index (χ4n) is 8.79. The minimum Gasteiger partial charge on any atom is -0.452 e. The summed E-state index contributed by atoms with van der Waals surface area (Å²) in [5.41, 5.74) is 11.3. The van der Waals surface area contributed by atoms with Crippen molar-refractivity contribution in [3.63, 3.8) is 0 Å². The van der Waals surface area contributed by atoms with E-state index in [4.69, 9.17) is 4.74 Å². The second kappa shape index (κ2) is 13.2. The third-order valence-electron chi connectivity index (χ3n) is 11.6. The Bertz CT molecular complexity index is 3260. The van der Waals surface area contributed by atoms with Gasteiger partial charge in [0.15, 0.2) is 11.5 Å². The first-order valence-corrected chi connectivity index (χ1v) is 20.5. The molecule has 2 aliphatic heterocycles. The van der Waals surface area contributed by atoms with Gasteiger partial charge in [-0.05, 0) is 116 Å². The summed E-state index contributed by atoms with van der Waals surface area (Å²) in [6.07, 6.45) is 0. The van der Waals surface area contributed by atoms with Gasteiger partial charge in [-0.1, -0.05) is 151 Å². The average Bonchev–Trinajstić information content (AvgIpc) is 3.29. The highest BCUT2D eigenvalue weighted by Gasteiger charge is 2.29. The molecule has 272 valence electrons. The molecule has 58 heavy (non-hydrogen) atoms. The normalized spacial score (nSPS) is 12.8. The molecule has 0 bridgehead atoms. The summed E-state index contributed by atoms with van der Waals surface area (Å²) < 4.78 is 6.96. The molecular weight excluding hydrogens is 725 g/mol. The zero-order chi connectivity index (χ0) is 38.2. The largest absolute Gasteiger partial charge is 0.452 e. The van der Waals surface area contributed by atoms with E-state index in [1.807, 2.05) is 11.8 Å². The molecule has 0 aliphatic carbocycles. The first kappa shape index (κ1) is 32.9. The summed E-state index contributed by atoms with van der Waals surface area (Å²) >= 11 is 1.83. The van der Waals surface area contributed by atoms with Crippen molar-refractivity contribution < 1.29 is 4.74 Å². The van der Waals surface area contributed by atoms with Crippen LogP contribution in [0.1, 0.15) is 0 Å². The molecule has 0 fully saturated rings. The van der Waals surface area contributed by atoms with E-state index in [1.165, 1.54) is 48.2 Å². The summed E-state index contributed by atoms with van der Waals surface area (Å²) in [5.74, 6) is 1.69. The van der Waals surface area contributed by atoms with Crippen LogP contribution < -0.4 is 14.5 Å². The number of benzene rings is 10. The molecule has 10 aromatic carbocycles. The van der Waals surface area contributed by atoms with Crippen LogP contribution in [0.2, 0.25) is 0 Å². The maximum atomic E-state index is 6.96. The van der Waals surface area contributed by atoms with E-state index in [2.05, 4.69) is 216 Å². The number of para-hydroxylation sites is 1. The Kier molecular flexibility index (Phi) is 7.47. The predicted octanol–water partition coefficient (Wildman–Crippen LogP) is 16.0. The van der Waals surface area contributed by atoms with Crippen LogP contribution in [0.3, 0.4) is 0 Å². The maximum Gasteiger partial charge on any atom is 0.159 e. The minimum absolute atomic E-state index is 0.827. The van der Waals surface area contributed by atoms with Crippen LogP contribution in [-0.2, 0) is 0 Å². The average molecular weight is 759 g/mol. The van der Waals surface area contributed by atoms with Gasteiger partial charge in [-0.25, -0.2) is 0 Å². The van der Waals surface area contributed by atoms with E-state index in [0.717, 1.165) is 61.8 Å². The lowest BCUT2D eigenvalue weighted by molar-refractivity contribution is 0.483. The van der Waals surface area contributed by atoms with Gasteiger partial charge in [-0.3, -0.25) is 0 Å². The van der Waals surface area contributed by atoms with E-state index in [0.29, 0.717) is 0 Å². The Hall–Kier alpha value is -7.27. The standard InChI is InChI=1S/C54H34N2OS/c1-2-13-39-32-43(28-20-35(39)10-1)56-47-29-24-41(34-51(47)57-54-46-16-6-4-12-37(46)23-30-49(54)56)40-25-31-53-50(33-40)55(48-18-7-8-19-52(48)58-53)42-26-21-38(22-27-42)45-17-9-14-36-11-3-5-15-44(36)45/h1-34H. The van der Waals surface area contributed by atoms with Gasteiger partial charge in [0, 0.05) is 26.6 Å². The third kappa shape index (κ3) is 5.30. The van der Waals surface area contributed by atoms with Crippen molar-refractivity contribution in [2.45, 2.75) is 9.79 Å². The van der Waals surface area contributed by atoms with Crippen LogP contribution in [0, 0.1) is 0 Å². The van der Waals surface area contributed by atoms with Gasteiger partial charge in [0.05, 0.1) is 22.7 Å². The highest BCUT2D eigenvalue weighted by Crippen LogP contribution is 2.55. The number of anilines is 6. The molecule has 0 radical (unpaired) electrons. The van der Waals surface area contributed by atoms with Crippen molar-refractivity contribution in [3.05, 3.63) is 206 Å². The first-order valence-electron chi connectivity index (χ1n) is 19.7. The van der Waals surface area contributed by atoms with E-state index in [1.54, 1.807) is 0 Å². The van der Waals surface area contributed by atoms with Crippen LogP contribution in [0.5, 0.6) is 11.5 Å². The molecule has 0 amide bonds. The molecule has 10 aromatic rings. The van der Waals surface area contributed by atoms with Gasteiger partial charge < -0.3 is 14.5 Å². The summed E-state index contributed by atoms with van der Waals surface area (Å²) in [4.78, 5) is 7.22. The number of fused-ring (bicyclic) bond motifs is 8. The second-order valence-electron chi connectivity index (χ2n) is 14.9. The van der Waals surface area contributed by atoms with Gasteiger partial charge >= 0.3 is 0 Å². The van der Waals surface area contributed by atoms with Crippen LogP contribution in [-0.4, -0.2) is 0 Å². The lowest BCUT2D eigenvalue weighted by Crippen LogP contribution is -2.16. The fraction of sp³-hybridized carbons (Fsp3) is 0. The maximum absolute atomic E-state index is 6.96. The Labute approximate surface area is 341 Å². The first-order chi connectivity index (χ1) is 28.7. The quantitative estimate of drug-likeness (QED) is 0.178. The number of nitrogens with zero attached hydrogens (tertiary/aromatic N) is 2. The molecule has 0 spiro atoms. The zero-order valence-electron chi connectivity index (χ0n) is 31.3. The SMILES string of the molecule is c1ccc2c(c1)Sc1ccc(-c3ccc4c(c3)Oc3c(ccc5ccccc35)N4c3ccc4ccccc4c3)cc1N2c1ccc(-c2cccc3ccccc23)cc1. The Morgan fingerprint density at radius 1 is 0.345 bits per heavy atom. The molecule has 2 heterocycles. The molecule has 0 atom stereocenters. The highest BCUT2D eigenvalue weighted by molar-refractivity contribution is 7.99. The highest BCUT2D eigenvalue weighted by atomic mass is 32.2. The molecule has 0 N–H and O–H groups in total. The molecule has 2 aliphatic rings. The van der Waals surface area contributed by atoms with Gasteiger partial charge in [0.1, 0.15) is 0 Å². The van der Waals surface area contributed by atoms with Gasteiger partial charge in [-0.2, -0.15) is 0 Å². The molecule has 4 heteroatoms. The zero-order valence-corrected chi connectivity index (χ0v) is 32.2. The summed E-state index contributed by atoms with van der Waals surface area (Å²) in [6.45, 7) is 0. The topological polar surface area (TPSA) is 15.7 Å². The van der Waals surface area contributed by atoms with Crippen LogP contribution in [0.15, 0.2) is 216 Å². The lowest BCUT2D eigenvalue weighted by Gasteiger charge is -2.34. The molecular formula is C54H34N2OS. The third-order valence-corrected chi connectivity index (χ3v) is 12.7. The second-order valence-corrected chi connectivity index (χ2v) is 16.0. The molecule has 0 aromatic heterocycles.